The summed E-state index contributed by atoms with van der Waals surface area (Å²) in [5, 5.41) is 8.38. The number of benzene rings is 2. The average Bonchev–Trinajstić information content (AvgIpc) is 3.39. The van der Waals surface area contributed by atoms with Crippen LogP contribution in [-0.2, 0) is 0 Å². The molecule has 134 valence electrons. The fourth-order valence-electron chi connectivity index (χ4n) is 3.92. The minimum Gasteiger partial charge on any atom is -0.367 e. The predicted octanol–water partition coefficient (Wildman–Crippen LogP) is 5.42. The Bertz CT molecular complexity index is 1050. The van der Waals surface area contributed by atoms with Gasteiger partial charge in [-0.2, -0.15) is 9.61 Å². The van der Waals surface area contributed by atoms with E-state index in [9.17, 15) is 0 Å². The highest BCUT2D eigenvalue weighted by Crippen LogP contribution is 2.30. The molecule has 0 aliphatic heterocycles. The molecule has 0 radical (unpaired) electrons. The van der Waals surface area contributed by atoms with Crippen molar-refractivity contribution >= 4 is 11.5 Å². The molecule has 2 aromatic heterocycles. The zero-order chi connectivity index (χ0) is 18.1. The molecule has 0 amide bonds. The highest BCUT2D eigenvalue weighted by Gasteiger charge is 2.19. The van der Waals surface area contributed by atoms with Gasteiger partial charge in [-0.3, -0.25) is 0 Å². The maximum absolute atomic E-state index is 4.98. The maximum atomic E-state index is 4.98. The summed E-state index contributed by atoms with van der Waals surface area (Å²) in [4.78, 5) is 4.98. The van der Waals surface area contributed by atoms with Crippen LogP contribution in [0.5, 0.6) is 0 Å². The van der Waals surface area contributed by atoms with E-state index in [1.165, 1.54) is 25.7 Å². The second-order valence-corrected chi connectivity index (χ2v) is 7.18. The molecule has 5 rings (SSSR count). The van der Waals surface area contributed by atoms with Crippen LogP contribution < -0.4 is 5.32 Å². The van der Waals surface area contributed by atoms with Crippen LogP contribution >= 0.6 is 0 Å². The molecule has 1 saturated carbocycles. The number of fused-ring (bicyclic) bond motifs is 1. The van der Waals surface area contributed by atoms with Gasteiger partial charge in [0.15, 0.2) is 5.65 Å². The molecule has 4 heteroatoms. The normalized spacial score (nSPS) is 14.7. The molecule has 0 unspecified atom stereocenters. The summed E-state index contributed by atoms with van der Waals surface area (Å²) in [6.45, 7) is 0. The van der Waals surface area contributed by atoms with Gasteiger partial charge < -0.3 is 5.32 Å². The van der Waals surface area contributed by atoms with Crippen molar-refractivity contribution < 1.29 is 0 Å². The lowest BCUT2D eigenvalue weighted by atomic mass is 10.1. The largest absolute Gasteiger partial charge is 0.367 e. The Morgan fingerprint density at radius 2 is 1.52 bits per heavy atom. The van der Waals surface area contributed by atoms with Crippen LogP contribution in [0.4, 0.5) is 5.82 Å². The molecule has 1 aliphatic rings. The lowest BCUT2D eigenvalue weighted by molar-refractivity contribution is 0.740. The van der Waals surface area contributed by atoms with Gasteiger partial charge in [-0.1, -0.05) is 73.5 Å². The zero-order valence-corrected chi connectivity index (χ0v) is 15.2. The number of hydrogen-bond acceptors (Lipinski definition) is 3. The first-order chi connectivity index (χ1) is 13.4. The predicted molar refractivity (Wildman–Crippen MR) is 110 cm³/mol. The van der Waals surface area contributed by atoms with Crippen LogP contribution in [0, 0.1) is 0 Å². The van der Waals surface area contributed by atoms with Crippen molar-refractivity contribution in [3.8, 4) is 22.4 Å². The molecule has 27 heavy (non-hydrogen) atoms. The van der Waals surface area contributed by atoms with Gasteiger partial charge in [0, 0.05) is 23.2 Å². The zero-order valence-electron chi connectivity index (χ0n) is 15.2. The number of aromatic nitrogens is 3. The highest BCUT2D eigenvalue weighted by atomic mass is 15.3. The summed E-state index contributed by atoms with van der Waals surface area (Å²) < 4.78 is 1.95. The van der Waals surface area contributed by atoms with Crippen molar-refractivity contribution in [1.29, 1.82) is 0 Å². The van der Waals surface area contributed by atoms with E-state index in [-0.39, 0.29) is 0 Å². The van der Waals surface area contributed by atoms with Crippen LogP contribution in [-0.4, -0.2) is 20.6 Å². The summed E-state index contributed by atoms with van der Waals surface area (Å²) in [5.41, 5.74) is 5.18. The van der Waals surface area contributed by atoms with Gasteiger partial charge in [0.1, 0.15) is 5.82 Å². The molecule has 0 saturated heterocycles. The van der Waals surface area contributed by atoms with Crippen molar-refractivity contribution in [2.24, 2.45) is 0 Å². The van der Waals surface area contributed by atoms with E-state index in [0.717, 1.165) is 33.8 Å². The van der Waals surface area contributed by atoms with Gasteiger partial charge in [-0.05, 0) is 18.4 Å². The summed E-state index contributed by atoms with van der Waals surface area (Å²) in [7, 11) is 0. The molecule has 1 N–H and O–H groups in total. The molecule has 0 bridgehead atoms. The lowest BCUT2D eigenvalue weighted by Crippen LogP contribution is -2.17. The lowest BCUT2D eigenvalue weighted by Gasteiger charge is -2.16. The summed E-state index contributed by atoms with van der Waals surface area (Å²) in [6, 6.07) is 23.4. The Labute approximate surface area is 158 Å². The van der Waals surface area contributed by atoms with E-state index in [0.29, 0.717) is 6.04 Å². The smallest absolute Gasteiger partial charge is 0.165 e. The van der Waals surface area contributed by atoms with E-state index < -0.39 is 0 Å². The topological polar surface area (TPSA) is 42.2 Å². The quantitative estimate of drug-likeness (QED) is 0.532. The summed E-state index contributed by atoms with van der Waals surface area (Å²) in [5.74, 6) is 1.02. The minimum absolute atomic E-state index is 0.517. The Morgan fingerprint density at radius 1 is 0.852 bits per heavy atom. The molecule has 0 spiro atoms. The fraction of sp³-hybridized carbons (Fsp3) is 0.217. The average molecular weight is 354 g/mol. The molecular formula is C23H22N4. The Morgan fingerprint density at radius 3 is 2.22 bits per heavy atom. The monoisotopic (exact) mass is 354 g/mol. The Kier molecular flexibility index (Phi) is 4.09. The molecule has 2 aromatic carbocycles. The van der Waals surface area contributed by atoms with Gasteiger partial charge in [0.05, 0.1) is 11.9 Å². The second-order valence-electron chi connectivity index (χ2n) is 7.18. The van der Waals surface area contributed by atoms with E-state index in [2.05, 4.69) is 65.0 Å². The first kappa shape index (κ1) is 16.1. The number of nitrogens with zero attached hydrogens (tertiary/aromatic N) is 3. The standard InChI is InChI=1S/C23H22N4/c1-3-9-17(10-4-1)20-16-24-27-22(25-19-13-7-8-14-19)15-21(26-23(20)27)18-11-5-2-6-12-18/h1-6,9-12,15-16,19,25H,7-8,13-14H2. The molecule has 1 fully saturated rings. The van der Waals surface area contributed by atoms with E-state index in [1.807, 2.05) is 22.8 Å². The van der Waals surface area contributed by atoms with Crippen LogP contribution in [0.1, 0.15) is 25.7 Å². The van der Waals surface area contributed by atoms with Crippen LogP contribution in [0.25, 0.3) is 28.0 Å². The van der Waals surface area contributed by atoms with E-state index in [4.69, 9.17) is 4.98 Å². The van der Waals surface area contributed by atoms with Crippen LogP contribution in [0.2, 0.25) is 0 Å². The van der Waals surface area contributed by atoms with Crippen molar-refractivity contribution in [3.05, 3.63) is 72.9 Å². The number of rotatable bonds is 4. The Hall–Kier alpha value is -3.14. The third kappa shape index (κ3) is 3.08. The number of hydrogen-bond donors (Lipinski definition) is 1. The van der Waals surface area contributed by atoms with Gasteiger partial charge in [-0.15, -0.1) is 0 Å². The molecular weight excluding hydrogens is 332 g/mol. The second kappa shape index (κ2) is 6.88. The van der Waals surface area contributed by atoms with Crippen molar-refractivity contribution in [3.63, 3.8) is 0 Å². The first-order valence-electron chi connectivity index (χ1n) is 9.65. The maximum Gasteiger partial charge on any atom is 0.165 e. The first-order valence-corrected chi connectivity index (χ1v) is 9.65. The number of anilines is 1. The molecule has 4 aromatic rings. The summed E-state index contributed by atoms with van der Waals surface area (Å²) in [6.07, 6.45) is 6.96. The summed E-state index contributed by atoms with van der Waals surface area (Å²) >= 11 is 0. The minimum atomic E-state index is 0.517. The van der Waals surface area contributed by atoms with E-state index in [1.54, 1.807) is 0 Å². The molecule has 4 nitrogen and oxygen atoms in total. The van der Waals surface area contributed by atoms with Gasteiger partial charge >= 0.3 is 0 Å². The third-order valence-electron chi connectivity index (χ3n) is 5.33. The van der Waals surface area contributed by atoms with Crippen LogP contribution in [0.15, 0.2) is 72.9 Å². The number of nitrogens with one attached hydrogen (secondary N) is 1. The fourth-order valence-corrected chi connectivity index (χ4v) is 3.92. The Balaban J connectivity index is 1.68. The van der Waals surface area contributed by atoms with Gasteiger partial charge in [-0.25, -0.2) is 4.98 Å². The van der Waals surface area contributed by atoms with E-state index >= 15 is 0 Å². The van der Waals surface area contributed by atoms with Crippen molar-refractivity contribution in [1.82, 2.24) is 14.6 Å². The molecule has 0 atom stereocenters. The van der Waals surface area contributed by atoms with Crippen LogP contribution in [0.3, 0.4) is 0 Å². The third-order valence-corrected chi connectivity index (χ3v) is 5.33. The SMILES string of the molecule is c1ccc(-c2cc(NC3CCCC3)n3ncc(-c4ccccc4)c3n2)cc1. The van der Waals surface area contributed by atoms with Crippen molar-refractivity contribution in [2.45, 2.75) is 31.7 Å². The van der Waals surface area contributed by atoms with Gasteiger partial charge in [0.2, 0.25) is 0 Å². The highest BCUT2D eigenvalue weighted by molar-refractivity contribution is 5.80. The molecule has 2 heterocycles. The molecule has 1 aliphatic carbocycles. The van der Waals surface area contributed by atoms with Gasteiger partial charge in [0.25, 0.3) is 0 Å². The van der Waals surface area contributed by atoms with Crippen molar-refractivity contribution in [2.75, 3.05) is 5.32 Å².